The Morgan fingerprint density at radius 2 is 2.00 bits per heavy atom. The summed E-state index contributed by atoms with van der Waals surface area (Å²) in [5.74, 6) is 1.64. The summed E-state index contributed by atoms with van der Waals surface area (Å²) in [6.45, 7) is 4.81. The highest BCUT2D eigenvalue weighted by Crippen LogP contribution is 2.36. The third-order valence-electron chi connectivity index (χ3n) is 4.55. The van der Waals surface area contributed by atoms with E-state index in [0.29, 0.717) is 36.1 Å². The number of likely N-dealkylation sites (N-methyl/N-ethyl adjacent to an activating group) is 1. The van der Waals surface area contributed by atoms with Crippen molar-refractivity contribution in [1.82, 2.24) is 5.32 Å². The van der Waals surface area contributed by atoms with Crippen LogP contribution in [0, 0.1) is 0 Å². The van der Waals surface area contributed by atoms with Crippen molar-refractivity contribution in [2.75, 3.05) is 38.4 Å². The molecule has 0 bridgehead atoms. The van der Waals surface area contributed by atoms with Crippen LogP contribution in [0.25, 0.3) is 0 Å². The van der Waals surface area contributed by atoms with Crippen LogP contribution in [0.2, 0.25) is 0 Å². The zero-order valence-electron chi connectivity index (χ0n) is 16.9. The van der Waals surface area contributed by atoms with Crippen LogP contribution in [-0.4, -0.2) is 45.4 Å². The number of benzene rings is 2. The van der Waals surface area contributed by atoms with Crippen molar-refractivity contribution in [2.24, 2.45) is 0 Å². The lowest BCUT2D eigenvalue weighted by atomic mass is 10.1. The lowest BCUT2D eigenvalue weighted by Crippen LogP contribution is -2.88. The molecular weight excluding hydrogens is 386 g/mol. The molecule has 0 atom stereocenters. The summed E-state index contributed by atoms with van der Waals surface area (Å²) >= 11 is 0. The molecule has 0 unspecified atom stereocenters. The van der Waals surface area contributed by atoms with E-state index in [2.05, 4.69) is 11.9 Å². The number of para-hydroxylation sites is 1. The number of carbonyl (C=O) groups excluding carboxylic acids is 2. The molecule has 30 heavy (non-hydrogen) atoms. The first-order chi connectivity index (χ1) is 14.6. The Bertz CT molecular complexity index is 915. The zero-order chi connectivity index (χ0) is 21.3. The molecule has 0 fully saturated rings. The van der Waals surface area contributed by atoms with Gasteiger partial charge >= 0.3 is 0 Å². The summed E-state index contributed by atoms with van der Waals surface area (Å²) in [5.41, 5.74) is 1.53. The molecule has 1 aliphatic heterocycles. The second kappa shape index (κ2) is 10.3. The van der Waals surface area contributed by atoms with Gasteiger partial charge in [-0.25, -0.2) is 0 Å². The van der Waals surface area contributed by atoms with Crippen LogP contribution in [0.1, 0.15) is 5.56 Å². The van der Waals surface area contributed by atoms with Crippen molar-refractivity contribution < 1.29 is 29.1 Å². The Morgan fingerprint density at radius 1 is 1.20 bits per heavy atom. The highest BCUT2D eigenvalue weighted by Gasteiger charge is 2.23. The van der Waals surface area contributed by atoms with E-state index in [1.807, 2.05) is 30.3 Å². The Morgan fingerprint density at radius 3 is 2.80 bits per heavy atom. The van der Waals surface area contributed by atoms with E-state index in [9.17, 15) is 9.59 Å². The zero-order valence-corrected chi connectivity index (χ0v) is 16.9. The highest BCUT2D eigenvalue weighted by atomic mass is 16.7. The van der Waals surface area contributed by atoms with E-state index >= 15 is 0 Å². The smallest absolute Gasteiger partial charge is 0.282 e. The molecule has 8 nitrogen and oxygen atoms in total. The van der Waals surface area contributed by atoms with Crippen molar-refractivity contribution >= 4 is 17.5 Å². The second-order valence-electron chi connectivity index (χ2n) is 6.59. The SMILES string of the molecule is C=CCOc1ccccc1CN(C(=O)C[NH2+]CC(=O)NC)c1ccc2c(c1)OCO2. The summed E-state index contributed by atoms with van der Waals surface area (Å²) in [5, 5.41) is 4.21. The van der Waals surface area contributed by atoms with Gasteiger partial charge in [0.1, 0.15) is 12.4 Å². The number of quaternary nitrogens is 1. The van der Waals surface area contributed by atoms with Gasteiger partial charge in [-0.15, -0.1) is 0 Å². The van der Waals surface area contributed by atoms with Crippen molar-refractivity contribution in [3.63, 3.8) is 0 Å². The van der Waals surface area contributed by atoms with Crippen LogP contribution < -0.4 is 29.7 Å². The van der Waals surface area contributed by atoms with Gasteiger partial charge in [-0.3, -0.25) is 9.59 Å². The topological polar surface area (TPSA) is 93.7 Å². The number of rotatable bonds is 10. The predicted molar refractivity (Wildman–Crippen MR) is 112 cm³/mol. The van der Waals surface area contributed by atoms with Crippen LogP contribution in [0.4, 0.5) is 5.69 Å². The molecule has 3 rings (SSSR count). The molecular formula is C22H26N3O5+. The largest absolute Gasteiger partial charge is 0.489 e. The van der Waals surface area contributed by atoms with Crippen LogP contribution in [0.15, 0.2) is 55.1 Å². The maximum absolute atomic E-state index is 13.1. The normalized spacial score (nSPS) is 11.6. The van der Waals surface area contributed by atoms with Gasteiger partial charge in [-0.05, 0) is 18.2 Å². The number of nitrogens with one attached hydrogen (secondary N) is 1. The minimum Gasteiger partial charge on any atom is -0.489 e. The quantitative estimate of drug-likeness (QED) is 0.564. The molecule has 8 heteroatoms. The predicted octanol–water partition coefficient (Wildman–Crippen LogP) is 0.823. The number of amides is 2. The summed E-state index contributed by atoms with van der Waals surface area (Å²) in [4.78, 5) is 26.2. The Hall–Kier alpha value is -3.52. The van der Waals surface area contributed by atoms with E-state index in [0.717, 1.165) is 5.56 Å². The average molecular weight is 412 g/mol. The van der Waals surface area contributed by atoms with Crippen LogP contribution in [0.3, 0.4) is 0 Å². The van der Waals surface area contributed by atoms with E-state index < -0.39 is 0 Å². The van der Waals surface area contributed by atoms with E-state index in [1.54, 1.807) is 35.5 Å². The molecule has 0 spiro atoms. The maximum Gasteiger partial charge on any atom is 0.282 e. The van der Waals surface area contributed by atoms with Gasteiger partial charge < -0.3 is 29.7 Å². The fourth-order valence-electron chi connectivity index (χ4n) is 3.01. The first kappa shape index (κ1) is 21.2. The Balaban J connectivity index is 1.83. The number of carbonyl (C=O) groups is 2. The van der Waals surface area contributed by atoms with E-state index in [4.69, 9.17) is 14.2 Å². The summed E-state index contributed by atoms with van der Waals surface area (Å²) in [7, 11) is 1.57. The molecule has 3 N–H and O–H groups in total. The monoisotopic (exact) mass is 412 g/mol. The van der Waals surface area contributed by atoms with E-state index in [-0.39, 0.29) is 31.7 Å². The first-order valence-corrected chi connectivity index (χ1v) is 9.66. The summed E-state index contributed by atoms with van der Waals surface area (Å²) in [6, 6.07) is 12.9. The van der Waals surface area contributed by atoms with Gasteiger partial charge in [0, 0.05) is 24.4 Å². The number of nitrogens with zero attached hydrogens (tertiary/aromatic N) is 1. The fraction of sp³-hybridized carbons (Fsp3) is 0.273. The molecule has 2 aromatic rings. The number of hydrogen-bond donors (Lipinski definition) is 2. The van der Waals surface area contributed by atoms with Gasteiger partial charge in [0.15, 0.2) is 24.6 Å². The van der Waals surface area contributed by atoms with Crippen LogP contribution >= 0.6 is 0 Å². The molecule has 2 aromatic carbocycles. The highest BCUT2D eigenvalue weighted by molar-refractivity contribution is 5.94. The first-order valence-electron chi connectivity index (χ1n) is 9.66. The summed E-state index contributed by atoms with van der Waals surface area (Å²) < 4.78 is 16.6. The third-order valence-corrected chi connectivity index (χ3v) is 4.55. The molecule has 2 amide bonds. The molecule has 0 aromatic heterocycles. The maximum atomic E-state index is 13.1. The summed E-state index contributed by atoms with van der Waals surface area (Å²) in [6.07, 6.45) is 1.67. The standard InChI is InChI=1S/C22H25N3O5/c1-3-10-28-18-7-5-4-6-16(18)14-25(22(27)13-24-12-21(26)23-2)17-8-9-19-20(11-17)30-15-29-19/h3-9,11,24H,1,10,12-15H2,2H3,(H,23,26)/p+1. The number of nitrogens with two attached hydrogens (primary N) is 1. The van der Waals surface area contributed by atoms with Gasteiger partial charge in [0.2, 0.25) is 6.79 Å². The van der Waals surface area contributed by atoms with Crippen molar-refractivity contribution in [2.45, 2.75) is 6.54 Å². The Labute approximate surface area is 175 Å². The third kappa shape index (κ3) is 5.30. The van der Waals surface area contributed by atoms with Gasteiger partial charge in [0.05, 0.1) is 6.54 Å². The van der Waals surface area contributed by atoms with Crippen molar-refractivity contribution in [3.05, 3.63) is 60.7 Å². The number of ether oxygens (including phenoxy) is 3. The van der Waals surface area contributed by atoms with Crippen LogP contribution in [-0.2, 0) is 16.1 Å². The molecule has 1 aliphatic rings. The van der Waals surface area contributed by atoms with Gasteiger partial charge in [-0.2, -0.15) is 0 Å². The molecule has 0 aliphatic carbocycles. The number of hydrogen-bond acceptors (Lipinski definition) is 5. The molecule has 1 heterocycles. The number of fused-ring (bicyclic) bond motifs is 1. The minimum absolute atomic E-state index is 0.123. The van der Waals surface area contributed by atoms with Crippen LogP contribution in [0.5, 0.6) is 17.2 Å². The van der Waals surface area contributed by atoms with Gasteiger partial charge in [-0.1, -0.05) is 30.9 Å². The average Bonchev–Trinajstić information content (AvgIpc) is 3.24. The number of anilines is 1. The lowest BCUT2D eigenvalue weighted by Gasteiger charge is -2.24. The van der Waals surface area contributed by atoms with Gasteiger partial charge in [0.25, 0.3) is 11.8 Å². The minimum atomic E-state index is -0.142. The lowest BCUT2D eigenvalue weighted by molar-refractivity contribution is -0.632. The molecule has 158 valence electrons. The Kier molecular flexibility index (Phi) is 7.29. The van der Waals surface area contributed by atoms with Crippen molar-refractivity contribution in [1.29, 1.82) is 0 Å². The van der Waals surface area contributed by atoms with Crippen molar-refractivity contribution in [3.8, 4) is 17.2 Å². The second-order valence-corrected chi connectivity index (χ2v) is 6.59. The molecule has 0 saturated carbocycles. The van der Waals surface area contributed by atoms with E-state index in [1.165, 1.54) is 0 Å². The fourth-order valence-corrected chi connectivity index (χ4v) is 3.01. The molecule has 0 radical (unpaired) electrons. The molecule has 0 saturated heterocycles.